The highest BCUT2D eigenvalue weighted by atomic mass is 35.5. The van der Waals surface area contributed by atoms with Gasteiger partial charge in [0, 0.05) is 26.2 Å². The van der Waals surface area contributed by atoms with Crippen molar-refractivity contribution in [3.05, 3.63) is 22.8 Å². The highest BCUT2D eigenvalue weighted by Crippen LogP contribution is 2.19. The van der Waals surface area contributed by atoms with Crippen molar-refractivity contribution < 1.29 is 9.53 Å². The normalized spacial score (nSPS) is 19.6. The van der Waals surface area contributed by atoms with Crippen LogP contribution in [0.2, 0.25) is 5.02 Å². The monoisotopic (exact) mass is 297 g/mol. The Labute approximate surface area is 124 Å². The summed E-state index contributed by atoms with van der Waals surface area (Å²) in [5, 5.41) is 3.47. The molecule has 1 aliphatic rings. The predicted octanol–water partition coefficient (Wildman–Crippen LogP) is 2.42. The molecule has 0 radical (unpaired) electrons. The summed E-state index contributed by atoms with van der Waals surface area (Å²) in [4.78, 5) is 18.7. The van der Waals surface area contributed by atoms with E-state index in [0.717, 1.165) is 13.0 Å². The first-order valence-electron chi connectivity index (χ1n) is 6.93. The molecule has 0 aliphatic carbocycles. The molecule has 2 heterocycles. The molecule has 1 saturated heterocycles. The van der Waals surface area contributed by atoms with Gasteiger partial charge in [0.05, 0.1) is 11.1 Å². The third-order valence-electron chi connectivity index (χ3n) is 3.15. The Bertz CT molecular complexity index is 481. The van der Waals surface area contributed by atoms with Crippen LogP contribution in [0.5, 0.6) is 0 Å². The SMILES string of the molecule is CCNc1ccc(Cl)c(C(=O)N2CCCOC(C)C2)n1. The molecule has 1 atom stereocenters. The van der Waals surface area contributed by atoms with E-state index in [1.807, 2.05) is 13.8 Å². The largest absolute Gasteiger partial charge is 0.377 e. The van der Waals surface area contributed by atoms with Gasteiger partial charge in [-0.2, -0.15) is 0 Å². The molecular weight excluding hydrogens is 278 g/mol. The highest BCUT2D eigenvalue weighted by Gasteiger charge is 2.24. The summed E-state index contributed by atoms with van der Waals surface area (Å²) in [5.41, 5.74) is 0.305. The number of aromatic nitrogens is 1. The maximum Gasteiger partial charge on any atom is 0.274 e. The number of halogens is 1. The van der Waals surface area contributed by atoms with Crippen molar-refractivity contribution in [2.24, 2.45) is 0 Å². The first-order chi connectivity index (χ1) is 9.61. The molecule has 1 aliphatic heterocycles. The molecule has 0 bridgehead atoms. The number of pyridine rings is 1. The van der Waals surface area contributed by atoms with Crippen LogP contribution in [-0.2, 0) is 4.74 Å². The molecule has 1 amide bonds. The fraction of sp³-hybridized carbons (Fsp3) is 0.571. The Hall–Kier alpha value is -1.33. The maximum atomic E-state index is 12.6. The van der Waals surface area contributed by atoms with Crippen LogP contribution in [0.1, 0.15) is 30.8 Å². The molecule has 1 unspecified atom stereocenters. The number of carbonyl (C=O) groups is 1. The minimum atomic E-state index is -0.132. The van der Waals surface area contributed by atoms with Crippen LogP contribution in [0, 0.1) is 0 Å². The van der Waals surface area contributed by atoms with Crippen LogP contribution >= 0.6 is 11.6 Å². The molecule has 0 aromatic carbocycles. The number of carbonyl (C=O) groups excluding carboxylic acids is 1. The molecule has 0 spiro atoms. The third kappa shape index (κ3) is 3.61. The Morgan fingerprint density at radius 1 is 1.60 bits per heavy atom. The Morgan fingerprint density at radius 2 is 2.40 bits per heavy atom. The Kier molecular flexibility index (Phi) is 5.20. The zero-order chi connectivity index (χ0) is 14.5. The molecule has 1 aromatic rings. The van der Waals surface area contributed by atoms with E-state index in [1.54, 1.807) is 17.0 Å². The molecule has 20 heavy (non-hydrogen) atoms. The summed E-state index contributed by atoms with van der Waals surface area (Å²) >= 11 is 6.12. The van der Waals surface area contributed by atoms with Crippen molar-refractivity contribution in [2.45, 2.75) is 26.4 Å². The smallest absolute Gasteiger partial charge is 0.274 e. The second-order valence-electron chi connectivity index (χ2n) is 4.84. The minimum Gasteiger partial charge on any atom is -0.377 e. The van der Waals surface area contributed by atoms with E-state index in [4.69, 9.17) is 16.3 Å². The van der Waals surface area contributed by atoms with Crippen molar-refractivity contribution >= 4 is 23.3 Å². The van der Waals surface area contributed by atoms with Crippen LogP contribution in [0.25, 0.3) is 0 Å². The number of hydrogen-bond donors (Lipinski definition) is 1. The van der Waals surface area contributed by atoms with Crippen LogP contribution in [0.3, 0.4) is 0 Å². The zero-order valence-corrected chi connectivity index (χ0v) is 12.6. The summed E-state index contributed by atoms with van der Waals surface area (Å²) in [7, 11) is 0. The number of rotatable bonds is 3. The van der Waals surface area contributed by atoms with Crippen LogP contribution in [0.4, 0.5) is 5.82 Å². The van der Waals surface area contributed by atoms with Gasteiger partial charge in [0.15, 0.2) is 0 Å². The van der Waals surface area contributed by atoms with Gasteiger partial charge < -0.3 is 15.0 Å². The van der Waals surface area contributed by atoms with E-state index in [9.17, 15) is 4.79 Å². The van der Waals surface area contributed by atoms with Crippen molar-refractivity contribution in [3.63, 3.8) is 0 Å². The molecule has 0 saturated carbocycles. The number of nitrogens with zero attached hydrogens (tertiary/aromatic N) is 2. The Morgan fingerprint density at radius 3 is 3.15 bits per heavy atom. The first kappa shape index (κ1) is 15.1. The fourth-order valence-electron chi connectivity index (χ4n) is 2.20. The van der Waals surface area contributed by atoms with E-state index in [-0.39, 0.29) is 12.0 Å². The predicted molar refractivity (Wildman–Crippen MR) is 79.3 cm³/mol. The van der Waals surface area contributed by atoms with Gasteiger partial charge in [0.1, 0.15) is 11.5 Å². The number of amides is 1. The molecule has 110 valence electrons. The molecule has 2 rings (SSSR count). The van der Waals surface area contributed by atoms with Gasteiger partial charge in [0.25, 0.3) is 5.91 Å². The third-order valence-corrected chi connectivity index (χ3v) is 3.45. The second kappa shape index (κ2) is 6.90. The standard InChI is InChI=1S/C14H20ClN3O2/c1-3-16-12-6-5-11(15)13(17-12)14(19)18-7-4-8-20-10(2)9-18/h5-6,10H,3-4,7-9H2,1-2H3,(H,16,17). The van der Waals surface area contributed by atoms with E-state index < -0.39 is 0 Å². The quantitative estimate of drug-likeness (QED) is 0.931. The van der Waals surface area contributed by atoms with Gasteiger partial charge in [-0.1, -0.05) is 11.6 Å². The first-order valence-corrected chi connectivity index (χ1v) is 7.31. The summed E-state index contributed by atoms with van der Waals surface area (Å²) in [6, 6.07) is 3.48. The van der Waals surface area contributed by atoms with E-state index in [1.165, 1.54) is 0 Å². The number of hydrogen-bond acceptors (Lipinski definition) is 4. The van der Waals surface area contributed by atoms with Crippen LogP contribution in [-0.4, -0.2) is 48.1 Å². The summed E-state index contributed by atoms with van der Waals surface area (Å²) < 4.78 is 5.55. The van der Waals surface area contributed by atoms with Crippen molar-refractivity contribution in [3.8, 4) is 0 Å². The van der Waals surface area contributed by atoms with E-state index in [0.29, 0.717) is 36.2 Å². The van der Waals surface area contributed by atoms with E-state index >= 15 is 0 Å². The zero-order valence-electron chi connectivity index (χ0n) is 11.9. The van der Waals surface area contributed by atoms with Crippen molar-refractivity contribution in [1.29, 1.82) is 0 Å². The van der Waals surface area contributed by atoms with Gasteiger partial charge in [0.2, 0.25) is 0 Å². The van der Waals surface area contributed by atoms with Gasteiger partial charge in [-0.3, -0.25) is 4.79 Å². The topological polar surface area (TPSA) is 54.5 Å². The molecule has 1 aromatic heterocycles. The van der Waals surface area contributed by atoms with Crippen LogP contribution < -0.4 is 5.32 Å². The lowest BCUT2D eigenvalue weighted by Gasteiger charge is -2.22. The maximum absolute atomic E-state index is 12.6. The molecule has 5 nitrogen and oxygen atoms in total. The number of nitrogens with one attached hydrogen (secondary N) is 1. The molecule has 6 heteroatoms. The highest BCUT2D eigenvalue weighted by molar-refractivity contribution is 6.33. The lowest BCUT2D eigenvalue weighted by molar-refractivity contribution is 0.0559. The Balaban J connectivity index is 2.20. The lowest BCUT2D eigenvalue weighted by Crippen LogP contribution is -2.36. The van der Waals surface area contributed by atoms with Gasteiger partial charge in [-0.25, -0.2) is 4.98 Å². The summed E-state index contributed by atoms with van der Waals surface area (Å²) in [5.74, 6) is 0.534. The average molecular weight is 298 g/mol. The fourth-order valence-corrected chi connectivity index (χ4v) is 2.39. The number of ether oxygens (including phenoxy) is 1. The molecule has 1 N–H and O–H groups in total. The van der Waals surface area contributed by atoms with Gasteiger partial charge >= 0.3 is 0 Å². The average Bonchev–Trinajstić information content (AvgIpc) is 2.65. The minimum absolute atomic E-state index is 0.0391. The summed E-state index contributed by atoms with van der Waals surface area (Å²) in [6.45, 7) is 6.62. The van der Waals surface area contributed by atoms with Gasteiger partial charge in [-0.15, -0.1) is 0 Å². The number of anilines is 1. The van der Waals surface area contributed by atoms with Crippen LogP contribution in [0.15, 0.2) is 12.1 Å². The van der Waals surface area contributed by atoms with Gasteiger partial charge in [-0.05, 0) is 32.4 Å². The van der Waals surface area contributed by atoms with Crippen molar-refractivity contribution in [1.82, 2.24) is 9.88 Å². The summed E-state index contributed by atoms with van der Waals surface area (Å²) in [6.07, 6.45) is 0.873. The van der Waals surface area contributed by atoms with E-state index in [2.05, 4.69) is 10.3 Å². The molecular formula is C14H20ClN3O2. The molecule has 1 fully saturated rings. The van der Waals surface area contributed by atoms with Crippen molar-refractivity contribution in [2.75, 3.05) is 31.6 Å². The lowest BCUT2D eigenvalue weighted by atomic mass is 10.2. The second-order valence-corrected chi connectivity index (χ2v) is 5.25.